The molecule has 0 radical (unpaired) electrons. The summed E-state index contributed by atoms with van der Waals surface area (Å²) in [6.07, 6.45) is 13.0. The number of benzene rings is 4. The maximum Gasteiger partial charge on any atom is -0.00259 e. The standard InChI is InChI=1S/C36H30/c1-23-11-9-12-24(2)34(23)28-17-19-30-31-20-18-29(35-25(3)13-10-14-26(35)4)22-33(31)36(32(30)21-28)27-15-7-5-6-8-16-27/h5-22H,1-4H3. The molecular weight excluding hydrogens is 432 g/mol. The van der Waals surface area contributed by atoms with Gasteiger partial charge >= 0.3 is 0 Å². The van der Waals surface area contributed by atoms with E-state index < -0.39 is 0 Å². The summed E-state index contributed by atoms with van der Waals surface area (Å²) in [7, 11) is 0. The third kappa shape index (κ3) is 3.62. The number of aryl methyl sites for hydroxylation is 4. The minimum atomic E-state index is 1.25. The lowest BCUT2D eigenvalue weighted by Crippen LogP contribution is -1.92. The highest BCUT2D eigenvalue weighted by molar-refractivity contribution is 6.05. The quantitative estimate of drug-likeness (QED) is 0.245. The lowest BCUT2D eigenvalue weighted by Gasteiger charge is -2.14. The minimum absolute atomic E-state index is 1.25. The van der Waals surface area contributed by atoms with Gasteiger partial charge in [0.05, 0.1) is 0 Å². The van der Waals surface area contributed by atoms with Crippen LogP contribution in [-0.2, 0) is 0 Å². The van der Waals surface area contributed by atoms with Crippen LogP contribution in [0.5, 0.6) is 0 Å². The minimum Gasteiger partial charge on any atom is -0.0622 e. The fraction of sp³-hybridized carbons (Fsp3) is 0.111. The number of hydrogen-bond acceptors (Lipinski definition) is 0. The molecule has 174 valence electrons. The first-order valence-electron chi connectivity index (χ1n) is 12.7. The van der Waals surface area contributed by atoms with Gasteiger partial charge in [-0.05, 0) is 118 Å². The Bertz CT molecular complexity index is 1490. The molecule has 0 saturated carbocycles. The molecule has 4 aromatic carbocycles. The van der Waals surface area contributed by atoms with Gasteiger partial charge in [0.1, 0.15) is 0 Å². The van der Waals surface area contributed by atoms with Gasteiger partial charge in [-0.1, -0.05) is 97.1 Å². The molecule has 0 N–H and O–H groups in total. The normalized spacial score (nSPS) is 13.7. The summed E-state index contributed by atoms with van der Waals surface area (Å²) in [5.41, 5.74) is 18.3. The number of rotatable bonds is 2. The fourth-order valence-corrected chi connectivity index (χ4v) is 5.95. The van der Waals surface area contributed by atoms with E-state index in [2.05, 4.69) is 137 Å². The topological polar surface area (TPSA) is 0 Å². The highest BCUT2D eigenvalue weighted by Gasteiger charge is 2.27. The molecule has 0 saturated heterocycles. The smallest absolute Gasteiger partial charge is 0.00259 e. The third-order valence-corrected chi connectivity index (χ3v) is 7.58. The molecule has 0 unspecified atom stereocenters. The maximum absolute atomic E-state index is 2.41. The van der Waals surface area contributed by atoms with Gasteiger partial charge in [-0.25, -0.2) is 0 Å². The molecule has 0 aliphatic heterocycles. The molecule has 0 heteroatoms. The van der Waals surface area contributed by atoms with Crippen molar-refractivity contribution in [2.45, 2.75) is 27.7 Å². The van der Waals surface area contributed by atoms with Crippen molar-refractivity contribution in [3.05, 3.63) is 148 Å². The van der Waals surface area contributed by atoms with Crippen LogP contribution in [0.2, 0.25) is 0 Å². The van der Waals surface area contributed by atoms with Crippen LogP contribution in [0.1, 0.15) is 33.4 Å². The van der Waals surface area contributed by atoms with Crippen LogP contribution in [0.15, 0.2) is 115 Å². The zero-order valence-corrected chi connectivity index (χ0v) is 21.4. The van der Waals surface area contributed by atoms with Gasteiger partial charge in [-0.15, -0.1) is 0 Å². The molecule has 6 rings (SSSR count). The van der Waals surface area contributed by atoms with E-state index in [4.69, 9.17) is 0 Å². The predicted molar refractivity (Wildman–Crippen MR) is 155 cm³/mol. The summed E-state index contributed by atoms with van der Waals surface area (Å²) < 4.78 is 0. The van der Waals surface area contributed by atoms with Gasteiger partial charge < -0.3 is 0 Å². The lowest BCUT2D eigenvalue weighted by atomic mass is 9.90. The lowest BCUT2D eigenvalue weighted by molar-refractivity contribution is 1.38. The second-order valence-corrected chi connectivity index (χ2v) is 9.99. The Kier molecular flexibility index (Phi) is 5.46. The van der Waals surface area contributed by atoms with Gasteiger partial charge in [0, 0.05) is 0 Å². The van der Waals surface area contributed by atoms with E-state index in [-0.39, 0.29) is 0 Å². The average molecular weight is 463 g/mol. The van der Waals surface area contributed by atoms with Crippen LogP contribution in [0, 0.1) is 27.7 Å². The molecule has 2 aliphatic rings. The monoisotopic (exact) mass is 462 g/mol. The highest BCUT2D eigenvalue weighted by Crippen LogP contribution is 2.49. The summed E-state index contributed by atoms with van der Waals surface area (Å²) in [6.45, 7) is 8.84. The van der Waals surface area contributed by atoms with E-state index in [9.17, 15) is 0 Å². The van der Waals surface area contributed by atoms with Crippen LogP contribution >= 0.6 is 0 Å². The Morgan fingerprint density at radius 2 is 0.833 bits per heavy atom. The molecule has 0 aromatic heterocycles. The Balaban J connectivity index is 1.62. The van der Waals surface area contributed by atoms with Crippen molar-refractivity contribution < 1.29 is 0 Å². The Hall–Kier alpha value is -4.16. The summed E-state index contributed by atoms with van der Waals surface area (Å²) in [6, 6.07) is 27.2. The molecule has 0 amide bonds. The van der Waals surface area contributed by atoms with Gasteiger partial charge in [0.2, 0.25) is 0 Å². The van der Waals surface area contributed by atoms with Gasteiger partial charge in [0.15, 0.2) is 0 Å². The van der Waals surface area contributed by atoms with E-state index in [1.54, 1.807) is 0 Å². The first kappa shape index (κ1) is 22.3. The number of hydrogen-bond donors (Lipinski definition) is 0. The SMILES string of the molecule is Cc1cccc(C)c1-c1ccc2c(c1)C(=C1C=CC=CC=C1)c1cc(-c3c(C)cccc3C)ccc1-2. The van der Waals surface area contributed by atoms with Gasteiger partial charge in [-0.3, -0.25) is 0 Å². The summed E-state index contributed by atoms with van der Waals surface area (Å²) in [4.78, 5) is 0. The van der Waals surface area contributed by atoms with Crippen LogP contribution in [0.25, 0.3) is 39.0 Å². The largest absolute Gasteiger partial charge is 0.0622 e. The first-order valence-corrected chi connectivity index (χ1v) is 12.7. The molecular formula is C36H30. The average Bonchev–Trinajstić information content (AvgIpc) is 2.98. The van der Waals surface area contributed by atoms with E-state index >= 15 is 0 Å². The first-order chi connectivity index (χ1) is 17.5. The van der Waals surface area contributed by atoms with Crippen molar-refractivity contribution in [1.29, 1.82) is 0 Å². The van der Waals surface area contributed by atoms with Crippen molar-refractivity contribution in [2.75, 3.05) is 0 Å². The molecule has 36 heavy (non-hydrogen) atoms. The highest BCUT2D eigenvalue weighted by atomic mass is 14.3. The van der Waals surface area contributed by atoms with E-state index in [0.29, 0.717) is 0 Å². The fourth-order valence-electron chi connectivity index (χ4n) is 5.95. The Morgan fingerprint density at radius 3 is 1.25 bits per heavy atom. The second kappa shape index (κ2) is 8.81. The molecule has 0 fully saturated rings. The van der Waals surface area contributed by atoms with Gasteiger partial charge in [0.25, 0.3) is 0 Å². The van der Waals surface area contributed by atoms with E-state index in [0.717, 1.165) is 0 Å². The summed E-state index contributed by atoms with van der Waals surface area (Å²) >= 11 is 0. The molecule has 4 aromatic rings. The number of fused-ring (bicyclic) bond motifs is 3. The zero-order valence-electron chi connectivity index (χ0n) is 21.4. The van der Waals surface area contributed by atoms with Crippen molar-refractivity contribution >= 4 is 5.57 Å². The van der Waals surface area contributed by atoms with E-state index in [1.165, 1.54) is 77.9 Å². The molecule has 0 nitrogen and oxygen atoms in total. The summed E-state index contributed by atoms with van der Waals surface area (Å²) in [5.74, 6) is 0. The van der Waals surface area contributed by atoms with Crippen LogP contribution < -0.4 is 0 Å². The predicted octanol–water partition coefficient (Wildman–Crippen LogP) is 9.72. The molecule has 0 bridgehead atoms. The van der Waals surface area contributed by atoms with Crippen LogP contribution in [0.3, 0.4) is 0 Å². The number of allylic oxidation sites excluding steroid dienone is 7. The van der Waals surface area contributed by atoms with Crippen molar-refractivity contribution in [2.24, 2.45) is 0 Å². The second-order valence-electron chi connectivity index (χ2n) is 9.99. The molecule has 2 aliphatic carbocycles. The third-order valence-electron chi connectivity index (χ3n) is 7.58. The molecule has 0 spiro atoms. The summed E-state index contributed by atoms with van der Waals surface area (Å²) in [5, 5.41) is 0. The van der Waals surface area contributed by atoms with Crippen LogP contribution in [0.4, 0.5) is 0 Å². The van der Waals surface area contributed by atoms with Crippen molar-refractivity contribution in [3.63, 3.8) is 0 Å². The zero-order chi connectivity index (χ0) is 24.8. The van der Waals surface area contributed by atoms with Crippen LogP contribution in [-0.4, -0.2) is 0 Å². The maximum atomic E-state index is 2.41. The Morgan fingerprint density at radius 1 is 0.417 bits per heavy atom. The Labute approximate surface area is 214 Å². The van der Waals surface area contributed by atoms with Crippen molar-refractivity contribution in [3.8, 4) is 33.4 Å². The molecule has 0 atom stereocenters. The van der Waals surface area contributed by atoms with Crippen molar-refractivity contribution in [1.82, 2.24) is 0 Å². The molecule has 0 heterocycles. The van der Waals surface area contributed by atoms with E-state index in [1.807, 2.05) is 0 Å². The van der Waals surface area contributed by atoms with Gasteiger partial charge in [-0.2, -0.15) is 0 Å².